The normalized spacial score (nSPS) is 16.9. The summed E-state index contributed by atoms with van der Waals surface area (Å²) in [5.41, 5.74) is 2.13. The number of nitrogens with zero attached hydrogens (tertiary/aromatic N) is 6. The fourth-order valence-corrected chi connectivity index (χ4v) is 6.39. The van der Waals surface area contributed by atoms with Gasteiger partial charge in [-0.1, -0.05) is 72.8 Å². The summed E-state index contributed by atoms with van der Waals surface area (Å²) in [6, 6.07) is 20.2. The summed E-state index contributed by atoms with van der Waals surface area (Å²) in [6.07, 6.45) is 24.4. The Labute approximate surface area is 269 Å². The van der Waals surface area contributed by atoms with E-state index >= 15 is 0 Å². The van der Waals surface area contributed by atoms with Crippen molar-refractivity contribution in [1.29, 1.82) is 0 Å². The molecular weight excluding hydrogens is 556 g/mol. The maximum atomic E-state index is 12.2. The van der Waals surface area contributed by atoms with Crippen molar-refractivity contribution in [1.82, 2.24) is 28.9 Å². The van der Waals surface area contributed by atoms with Crippen molar-refractivity contribution in [3.8, 4) is 0 Å². The van der Waals surface area contributed by atoms with Crippen molar-refractivity contribution in [2.75, 3.05) is 39.3 Å². The number of carbonyl (C=O) groups is 1. The van der Waals surface area contributed by atoms with Crippen molar-refractivity contribution in [3.63, 3.8) is 0 Å². The summed E-state index contributed by atoms with van der Waals surface area (Å²) >= 11 is 0. The highest BCUT2D eigenvalue weighted by molar-refractivity contribution is 5.96. The van der Waals surface area contributed by atoms with Crippen molar-refractivity contribution in [2.45, 2.75) is 58.0 Å². The summed E-state index contributed by atoms with van der Waals surface area (Å²) in [6.45, 7) is 8.84. The van der Waals surface area contributed by atoms with Crippen LogP contribution >= 0.6 is 0 Å². The van der Waals surface area contributed by atoms with Crippen LogP contribution in [0.5, 0.6) is 0 Å². The molecule has 0 atom stereocenters. The standard InChI is InChI=1S/C19H25N3O.C19H25N3/c23-19(18-4-2-1-3-5-18)9-14-21-11-6-17(7-12-21)8-13-22-15-10-20-16-22;1-2-5-18(6-3-1)7-4-12-21-13-8-19(9-14-21)10-15-22-16-11-20-17-22/h1-5,10,15-17H,6-9,11-14H2;1-7,11,16-17,19H,8-10,12-15H2/b;7-4+. The SMILES string of the molecule is C(=C\c1ccccc1)/CN1CCC(CCn2ccnc2)CC1.O=C(CCN1CCC(CCn2ccnc2)CC1)c1ccccc1. The van der Waals surface area contributed by atoms with Crippen LogP contribution in [-0.2, 0) is 13.1 Å². The fraction of sp³-hybridized carbons (Fsp3) is 0.447. The number of hydrogen-bond acceptors (Lipinski definition) is 5. The number of imidazole rings is 2. The van der Waals surface area contributed by atoms with Crippen LogP contribution < -0.4 is 0 Å². The molecule has 0 N–H and O–H groups in total. The molecule has 4 heterocycles. The van der Waals surface area contributed by atoms with Crippen LogP contribution in [0.4, 0.5) is 0 Å². The maximum absolute atomic E-state index is 12.2. The van der Waals surface area contributed by atoms with E-state index in [1.807, 2.05) is 61.6 Å². The van der Waals surface area contributed by atoms with Crippen LogP contribution in [0.2, 0.25) is 0 Å². The minimum atomic E-state index is 0.257. The number of aryl methyl sites for hydroxylation is 2. The van der Waals surface area contributed by atoms with Gasteiger partial charge in [-0.15, -0.1) is 0 Å². The van der Waals surface area contributed by atoms with Gasteiger partial charge in [0.2, 0.25) is 0 Å². The molecule has 2 saturated heterocycles. The molecule has 7 nitrogen and oxygen atoms in total. The summed E-state index contributed by atoms with van der Waals surface area (Å²) < 4.78 is 4.35. The lowest BCUT2D eigenvalue weighted by molar-refractivity contribution is 0.0949. The minimum absolute atomic E-state index is 0.257. The molecule has 6 rings (SSSR count). The zero-order valence-electron chi connectivity index (χ0n) is 26.7. The molecule has 0 amide bonds. The third kappa shape index (κ3) is 11.6. The lowest BCUT2D eigenvalue weighted by atomic mass is 9.93. The first kappa shape index (κ1) is 32.6. The molecule has 2 fully saturated rings. The average Bonchev–Trinajstić information content (AvgIpc) is 3.83. The largest absolute Gasteiger partial charge is 0.337 e. The van der Waals surface area contributed by atoms with E-state index in [0.717, 1.165) is 56.7 Å². The number of benzene rings is 2. The summed E-state index contributed by atoms with van der Waals surface area (Å²) in [5, 5.41) is 0. The molecule has 0 radical (unpaired) electrons. The molecule has 0 aliphatic carbocycles. The average molecular weight is 607 g/mol. The van der Waals surface area contributed by atoms with Gasteiger partial charge in [0.05, 0.1) is 12.7 Å². The quantitative estimate of drug-likeness (QED) is 0.154. The number of carbonyl (C=O) groups excluding carboxylic acids is 1. The second-order valence-electron chi connectivity index (χ2n) is 12.6. The minimum Gasteiger partial charge on any atom is -0.337 e. The number of hydrogen-bond donors (Lipinski definition) is 0. The van der Waals surface area contributed by atoms with Gasteiger partial charge >= 0.3 is 0 Å². The van der Waals surface area contributed by atoms with Gasteiger partial charge in [-0.3, -0.25) is 9.69 Å². The number of Topliss-reactive ketones (excluding diaryl/α,β-unsaturated/α-hetero) is 1. The van der Waals surface area contributed by atoms with E-state index in [1.54, 1.807) is 0 Å². The lowest BCUT2D eigenvalue weighted by Gasteiger charge is -2.31. The Kier molecular flexibility index (Phi) is 13.2. The van der Waals surface area contributed by atoms with Crippen LogP contribution in [0, 0.1) is 11.8 Å². The zero-order valence-corrected chi connectivity index (χ0v) is 26.7. The molecule has 0 bridgehead atoms. The molecule has 2 aliphatic heterocycles. The Morgan fingerprint density at radius 2 is 1.22 bits per heavy atom. The second kappa shape index (κ2) is 18.2. The summed E-state index contributed by atoms with van der Waals surface area (Å²) in [7, 11) is 0. The van der Waals surface area contributed by atoms with E-state index in [-0.39, 0.29) is 5.78 Å². The third-order valence-electron chi connectivity index (χ3n) is 9.35. The third-order valence-corrected chi connectivity index (χ3v) is 9.35. The molecule has 2 aromatic carbocycles. The smallest absolute Gasteiger partial charge is 0.164 e. The van der Waals surface area contributed by atoms with Crippen LogP contribution in [0.25, 0.3) is 6.08 Å². The molecular formula is C38H50N6O. The maximum Gasteiger partial charge on any atom is 0.164 e. The number of aromatic nitrogens is 4. The van der Waals surface area contributed by atoms with Crippen LogP contribution in [0.15, 0.2) is 104 Å². The number of likely N-dealkylation sites (tertiary alicyclic amines) is 2. The molecule has 0 unspecified atom stereocenters. The first-order valence-electron chi connectivity index (χ1n) is 16.9. The number of rotatable bonds is 13. The molecule has 45 heavy (non-hydrogen) atoms. The van der Waals surface area contributed by atoms with E-state index in [1.165, 1.54) is 57.2 Å². The van der Waals surface area contributed by atoms with E-state index < -0.39 is 0 Å². The molecule has 238 valence electrons. The van der Waals surface area contributed by atoms with Gasteiger partial charge in [0, 0.05) is 63.0 Å². The van der Waals surface area contributed by atoms with Gasteiger partial charge in [0.25, 0.3) is 0 Å². The molecule has 7 heteroatoms. The highest BCUT2D eigenvalue weighted by Gasteiger charge is 2.20. The van der Waals surface area contributed by atoms with Gasteiger partial charge in [-0.2, -0.15) is 0 Å². The molecule has 4 aromatic rings. The van der Waals surface area contributed by atoms with Gasteiger partial charge in [-0.05, 0) is 82.1 Å². The first-order valence-corrected chi connectivity index (χ1v) is 16.9. The van der Waals surface area contributed by atoms with E-state index in [0.29, 0.717) is 6.42 Å². The Bertz CT molecular complexity index is 1350. The predicted molar refractivity (Wildman–Crippen MR) is 183 cm³/mol. The number of ketones is 1. The highest BCUT2D eigenvalue weighted by atomic mass is 16.1. The molecule has 0 spiro atoms. The van der Waals surface area contributed by atoms with E-state index in [9.17, 15) is 4.79 Å². The zero-order chi connectivity index (χ0) is 30.9. The number of piperidine rings is 2. The van der Waals surface area contributed by atoms with Crippen molar-refractivity contribution < 1.29 is 4.79 Å². The van der Waals surface area contributed by atoms with Gasteiger partial charge < -0.3 is 14.0 Å². The fourth-order valence-electron chi connectivity index (χ4n) is 6.39. The monoisotopic (exact) mass is 606 g/mol. The predicted octanol–water partition coefficient (Wildman–Crippen LogP) is 6.96. The van der Waals surface area contributed by atoms with Gasteiger partial charge in [0.15, 0.2) is 5.78 Å². The molecule has 0 saturated carbocycles. The Morgan fingerprint density at radius 3 is 1.76 bits per heavy atom. The Hall–Kier alpha value is -3.81. The van der Waals surface area contributed by atoms with Crippen molar-refractivity contribution >= 4 is 11.9 Å². The Morgan fingerprint density at radius 1 is 0.689 bits per heavy atom. The van der Waals surface area contributed by atoms with Gasteiger partial charge in [0.1, 0.15) is 0 Å². The van der Waals surface area contributed by atoms with E-state index in [4.69, 9.17) is 0 Å². The summed E-state index contributed by atoms with van der Waals surface area (Å²) in [5.74, 6) is 1.93. The highest BCUT2D eigenvalue weighted by Crippen LogP contribution is 2.22. The van der Waals surface area contributed by atoms with Gasteiger partial charge in [-0.25, -0.2) is 9.97 Å². The molecule has 2 aromatic heterocycles. The summed E-state index contributed by atoms with van der Waals surface area (Å²) in [4.78, 5) is 25.3. The van der Waals surface area contributed by atoms with E-state index in [2.05, 4.69) is 77.6 Å². The Balaban J connectivity index is 0.000000178. The van der Waals surface area contributed by atoms with Crippen LogP contribution in [0.1, 0.15) is 60.9 Å². The molecule has 2 aliphatic rings. The van der Waals surface area contributed by atoms with Crippen molar-refractivity contribution in [2.24, 2.45) is 11.8 Å². The second-order valence-corrected chi connectivity index (χ2v) is 12.6. The van der Waals surface area contributed by atoms with Crippen LogP contribution in [0.3, 0.4) is 0 Å². The first-order chi connectivity index (χ1) is 22.2. The topological polar surface area (TPSA) is 59.2 Å². The van der Waals surface area contributed by atoms with Crippen LogP contribution in [-0.4, -0.2) is 74.0 Å². The van der Waals surface area contributed by atoms with Crippen molar-refractivity contribution in [3.05, 3.63) is 115 Å². The lowest BCUT2D eigenvalue weighted by Crippen LogP contribution is -2.35.